The lowest BCUT2D eigenvalue weighted by Crippen LogP contribution is -2.19. The van der Waals surface area contributed by atoms with Crippen molar-refractivity contribution in [3.63, 3.8) is 0 Å². The minimum Gasteiger partial charge on any atom is -0.370 e. The Kier molecular flexibility index (Phi) is 9.49. The maximum atomic E-state index is 12.4. The fourth-order valence-electron chi connectivity index (χ4n) is 2.59. The van der Waals surface area contributed by atoms with Crippen molar-refractivity contribution in [2.45, 2.75) is 9.79 Å². The molecule has 0 aromatic heterocycles. The SMILES string of the molecule is NC(=O)Nc1cc(NCS(=O)(=O)O)ccc1/N=N/c1ccc(S(=O)(=O)CCOS(=O)(=O)O)cc1S(=O)(=O)O. The zero-order chi connectivity index (χ0) is 28.9. The number of amides is 2. The first kappa shape index (κ1) is 31.0. The van der Waals surface area contributed by atoms with Gasteiger partial charge in [0, 0.05) is 5.69 Å². The van der Waals surface area contributed by atoms with Crippen molar-refractivity contribution in [1.82, 2.24) is 0 Å². The van der Waals surface area contributed by atoms with Gasteiger partial charge in [-0.25, -0.2) is 17.4 Å². The van der Waals surface area contributed by atoms with Crippen molar-refractivity contribution in [3.8, 4) is 0 Å². The van der Waals surface area contributed by atoms with E-state index in [0.29, 0.717) is 6.07 Å². The van der Waals surface area contributed by atoms with Gasteiger partial charge < -0.3 is 16.4 Å². The molecule has 0 aliphatic rings. The number of nitrogens with one attached hydrogen (secondary N) is 2. The number of nitrogens with zero attached hydrogens (tertiary/aromatic N) is 2. The van der Waals surface area contributed by atoms with E-state index in [-0.39, 0.29) is 17.1 Å². The second kappa shape index (κ2) is 11.6. The molecule has 38 heavy (non-hydrogen) atoms. The zero-order valence-electron chi connectivity index (χ0n) is 18.6. The minimum absolute atomic E-state index is 0.0801. The van der Waals surface area contributed by atoms with E-state index in [9.17, 15) is 43.0 Å². The van der Waals surface area contributed by atoms with Crippen LogP contribution in [-0.2, 0) is 44.7 Å². The van der Waals surface area contributed by atoms with Crippen LogP contribution in [0.4, 0.5) is 27.5 Å². The van der Waals surface area contributed by atoms with Crippen LogP contribution in [0.3, 0.4) is 0 Å². The average Bonchev–Trinajstić information content (AvgIpc) is 2.74. The summed E-state index contributed by atoms with van der Waals surface area (Å²) < 4.78 is 122. The van der Waals surface area contributed by atoms with Crippen molar-refractivity contribution in [2.24, 2.45) is 16.0 Å². The van der Waals surface area contributed by atoms with Crippen LogP contribution in [0.5, 0.6) is 0 Å². The quantitative estimate of drug-likeness (QED) is 0.141. The summed E-state index contributed by atoms with van der Waals surface area (Å²) in [4.78, 5) is 9.65. The lowest BCUT2D eigenvalue weighted by Gasteiger charge is -2.10. The predicted molar refractivity (Wildman–Crippen MR) is 130 cm³/mol. The van der Waals surface area contributed by atoms with Crippen LogP contribution in [0.25, 0.3) is 0 Å². The second-order valence-corrected chi connectivity index (χ2v) is 13.0. The number of carbonyl (C=O) groups excluding carboxylic acids is 1. The molecule has 0 heterocycles. The highest BCUT2D eigenvalue weighted by Crippen LogP contribution is 2.33. The molecule has 2 rings (SSSR count). The summed E-state index contributed by atoms with van der Waals surface area (Å²) in [5, 5.41) is 11.9. The van der Waals surface area contributed by atoms with Gasteiger partial charge >= 0.3 is 16.4 Å². The zero-order valence-corrected chi connectivity index (χ0v) is 21.9. The average molecular weight is 618 g/mol. The first-order valence-electron chi connectivity index (χ1n) is 9.54. The largest absolute Gasteiger partial charge is 0.397 e. The topological polar surface area (TPSA) is 298 Å². The normalized spacial score (nSPS) is 12.9. The highest BCUT2D eigenvalue weighted by molar-refractivity contribution is 7.91. The molecule has 2 aromatic rings. The van der Waals surface area contributed by atoms with E-state index in [4.69, 9.17) is 14.8 Å². The van der Waals surface area contributed by atoms with Crippen molar-refractivity contribution >= 4 is 69.3 Å². The van der Waals surface area contributed by atoms with Crippen LogP contribution >= 0.6 is 0 Å². The first-order valence-corrected chi connectivity index (χ1v) is 15.6. The molecule has 0 unspecified atom stereocenters. The third kappa shape index (κ3) is 9.90. The molecular weight excluding hydrogens is 598 g/mol. The molecule has 18 nitrogen and oxygen atoms in total. The van der Waals surface area contributed by atoms with Crippen LogP contribution in [0, 0.1) is 0 Å². The summed E-state index contributed by atoms with van der Waals surface area (Å²) in [7, 11) is -18.8. The van der Waals surface area contributed by atoms with Crippen LogP contribution in [0.15, 0.2) is 56.4 Å². The Balaban J connectivity index is 2.45. The molecule has 0 saturated carbocycles. The Morgan fingerprint density at radius 3 is 2.05 bits per heavy atom. The van der Waals surface area contributed by atoms with Crippen molar-refractivity contribution in [1.29, 1.82) is 0 Å². The van der Waals surface area contributed by atoms with Gasteiger partial charge in [0.1, 0.15) is 22.1 Å². The molecule has 0 fully saturated rings. The van der Waals surface area contributed by atoms with Gasteiger partial charge in [0.2, 0.25) is 0 Å². The minimum atomic E-state index is -5.09. The summed E-state index contributed by atoms with van der Waals surface area (Å²) >= 11 is 0. The van der Waals surface area contributed by atoms with Crippen LogP contribution in [0.2, 0.25) is 0 Å². The fourth-order valence-corrected chi connectivity index (χ4v) is 5.18. The number of primary amides is 1. The molecule has 0 aliphatic heterocycles. The number of benzene rings is 2. The Morgan fingerprint density at radius 1 is 0.895 bits per heavy atom. The molecule has 210 valence electrons. The standard InChI is InChI=1S/C16H19N5O13S4/c17-16(22)19-14-7-10(18-9-36(25,26)27)1-3-12(14)20-21-13-4-2-11(8-15(13)37(28,29)30)35(23,24)6-5-34-38(31,32)33/h1-4,7-8,18H,5-6,9H2,(H3,17,19,22)(H,25,26,27)(H,28,29,30)(H,31,32,33)/b21-20+. The number of nitrogens with two attached hydrogens (primary N) is 1. The molecule has 0 atom stereocenters. The lowest BCUT2D eigenvalue weighted by atomic mass is 10.2. The van der Waals surface area contributed by atoms with Crippen LogP contribution in [0.1, 0.15) is 0 Å². The van der Waals surface area contributed by atoms with Crippen molar-refractivity contribution in [3.05, 3.63) is 36.4 Å². The van der Waals surface area contributed by atoms with Crippen LogP contribution < -0.4 is 16.4 Å². The van der Waals surface area contributed by atoms with Gasteiger partial charge in [-0.2, -0.15) is 25.3 Å². The fraction of sp³-hybridized carbons (Fsp3) is 0.188. The number of carbonyl (C=O) groups is 1. The van der Waals surface area contributed by atoms with Gasteiger partial charge in [0.05, 0.1) is 22.9 Å². The smallest absolute Gasteiger partial charge is 0.370 e. The van der Waals surface area contributed by atoms with E-state index in [2.05, 4.69) is 25.0 Å². The molecular formula is C16H19N5O13S4. The second-order valence-electron chi connectivity index (χ2n) is 7.00. The van der Waals surface area contributed by atoms with E-state index in [1.807, 2.05) is 0 Å². The third-order valence-electron chi connectivity index (χ3n) is 4.13. The molecule has 0 aliphatic carbocycles. The number of anilines is 2. The predicted octanol–water partition coefficient (Wildman–Crippen LogP) is 0.690. The van der Waals surface area contributed by atoms with E-state index >= 15 is 0 Å². The van der Waals surface area contributed by atoms with E-state index in [0.717, 1.165) is 18.2 Å². The highest BCUT2D eigenvalue weighted by atomic mass is 32.3. The van der Waals surface area contributed by atoms with Gasteiger partial charge in [-0.3, -0.25) is 13.7 Å². The number of hydrogen-bond acceptors (Lipinski definition) is 13. The number of hydrogen-bond donors (Lipinski definition) is 6. The van der Waals surface area contributed by atoms with Crippen LogP contribution in [-0.4, -0.2) is 71.6 Å². The number of azo groups is 1. The van der Waals surface area contributed by atoms with Crippen molar-refractivity contribution in [2.75, 3.05) is 28.9 Å². The van der Waals surface area contributed by atoms with Gasteiger partial charge in [-0.15, -0.1) is 10.2 Å². The molecule has 22 heteroatoms. The number of sulfone groups is 1. The summed E-state index contributed by atoms with van der Waals surface area (Å²) in [6, 6.07) is 4.76. The molecule has 7 N–H and O–H groups in total. The molecule has 2 amide bonds. The number of rotatable bonds is 12. The maximum Gasteiger partial charge on any atom is 0.397 e. The van der Waals surface area contributed by atoms with Gasteiger partial charge in [0.25, 0.3) is 20.2 Å². The van der Waals surface area contributed by atoms with Gasteiger partial charge in [-0.05, 0) is 36.4 Å². The Bertz CT molecular complexity index is 1690. The Labute approximate surface area is 216 Å². The molecule has 0 saturated heterocycles. The number of urea groups is 1. The van der Waals surface area contributed by atoms with Gasteiger partial charge in [0.15, 0.2) is 9.84 Å². The molecule has 2 aromatic carbocycles. The third-order valence-corrected chi connectivity index (χ3v) is 7.66. The summed E-state index contributed by atoms with van der Waals surface area (Å²) in [5.41, 5.74) is 4.31. The van der Waals surface area contributed by atoms with E-state index in [1.54, 1.807) is 0 Å². The molecule has 0 spiro atoms. The monoisotopic (exact) mass is 617 g/mol. The highest BCUT2D eigenvalue weighted by Gasteiger charge is 2.23. The van der Waals surface area contributed by atoms with E-state index < -0.39 is 80.2 Å². The van der Waals surface area contributed by atoms with E-state index in [1.165, 1.54) is 12.1 Å². The Hall–Kier alpha value is -3.25. The summed E-state index contributed by atoms with van der Waals surface area (Å²) in [5.74, 6) is -1.86. The van der Waals surface area contributed by atoms with Crippen molar-refractivity contribution < 1.29 is 56.3 Å². The Morgan fingerprint density at radius 2 is 1.50 bits per heavy atom. The lowest BCUT2D eigenvalue weighted by molar-refractivity contribution is 0.259. The first-order chi connectivity index (χ1) is 17.3. The summed E-state index contributed by atoms with van der Waals surface area (Å²) in [6.45, 7) is -0.992. The van der Waals surface area contributed by atoms with Gasteiger partial charge in [-0.1, -0.05) is 0 Å². The summed E-state index contributed by atoms with van der Waals surface area (Å²) in [6.07, 6.45) is 0. The maximum absolute atomic E-state index is 12.4. The molecule has 0 bridgehead atoms. The molecule has 0 radical (unpaired) electrons.